The molecular weight excluding hydrogens is 294 g/mol. The van der Waals surface area contributed by atoms with Crippen molar-refractivity contribution < 1.29 is 8.78 Å². The monoisotopic (exact) mass is 310 g/mol. The molecule has 0 aliphatic carbocycles. The van der Waals surface area contributed by atoms with Gasteiger partial charge in [-0.1, -0.05) is 23.9 Å². The van der Waals surface area contributed by atoms with E-state index in [9.17, 15) is 8.78 Å². The largest absolute Gasteiger partial charge is 0.354 e. The maximum atomic E-state index is 12.6. The quantitative estimate of drug-likeness (QED) is 0.780. The van der Waals surface area contributed by atoms with E-state index in [1.807, 2.05) is 13.8 Å². The second kappa shape index (κ2) is 7.21. The minimum atomic E-state index is -2.46. The van der Waals surface area contributed by atoms with Gasteiger partial charge in [0.2, 0.25) is 5.95 Å². The molecule has 0 saturated carbocycles. The Morgan fingerprint density at radius 3 is 2.76 bits per heavy atom. The lowest BCUT2D eigenvalue weighted by Crippen LogP contribution is -2.05. The number of nitrogens with zero attached hydrogens (tertiary/aromatic N) is 2. The number of para-hydroxylation sites is 1. The number of rotatable bonds is 6. The van der Waals surface area contributed by atoms with E-state index in [4.69, 9.17) is 0 Å². The normalized spacial score (nSPS) is 10.7. The van der Waals surface area contributed by atoms with Gasteiger partial charge in [0, 0.05) is 23.2 Å². The van der Waals surface area contributed by atoms with Crippen molar-refractivity contribution in [3.05, 3.63) is 36.0 Å². The van der Waals surface area contributed by atoms with Crippen LogP contribution >= 0.6 is 11.8 Å². The SMILES string of the molecule is CCNc1ncc(C)c(Nc2ccccc2SC(F)F)n1. The minimum Gasteiger partial charge on any atom is -0.354 e. The van der Waals surface area contributed by atoms with Crippen LogP contribution in [0, 0.1) is 6.92 Å². The molecule has 2 aromatic rings. The number of hydrogen-bond donors (Lipinski definition) is 2. The fourth-order valence-corrected chi connectivity index (χ4v) is 2.30. The summed E-state index contributed by atoms with van der Waals surface area (Å²) in [6, 6.07) is 6.92. The van der Waals surface area contributed by atoms with Gasteiger partial charge in [-0.2, -0.15) is 13.8 Å². The number of aromatic nitrogens is 2. The van der Waals surface area contributed by atoms with Gasteiger partial charge in [-0.25, -0.2) is 4.98 Å². The molecule has 2 N–H and O–H groups in total. The molecule has 2 rings (SSSR count). The number of hydrogen-bond acceptors (Lipinski definition) is 5. The van der Waals surface area contributed by atoms with Gasteiger partial charge in [0.1, 0.15) is 5.82 Å². The number of halogens is 2. The Kier molecular flexibility index (Phi) is 5.32. The van der Waals surface area contributed by atoms with E-state index in [0.29, 0.717) is 40.7 Å². The zero-order valence-corrected chi connectivity index (χ0v) is 12.5. The highest BCUT2D eigenvalue weighted by Gasteiger charge is 2.11. The van der Waals surface area contributed by atoms with Crippen molar-refractivity contribution in [2.24, 2.45) is 0 Å². The van der Waals surface area contributed by atoms with Crippen molar-refractivity contribution in [1.29, 1.82) is 0 Å². The van der Waals surface area contributed by atoms with E-state index in [2.05, 4.69) is 20.6 Å². The number of alkyl halides is 2. The average molecular weight is 310 g/mol. The molecule has 0 aliphatic heterocycles. The van der Waals surface area contributed by atoms with Crippen LogP contribution < -0.4 is 10.6 Å². The molecule has 7 heteroatoms. The van der Waals surface area contributed by atoms with Crippen LogP contribution in [0.25, 0.3) is 0 Å². The van der Waals surface area contributed by atoms with Crippen molar-refractivity contribution >= 4 is 29.2 Å². The van der Waals surface area contributed by atoms with Crippen LogP contribution in [0.1, 0.15) is 12.5 Å². The van der Waals surface area contributed by atoms with Crippen molar-refractivity contribution in [1.82, 2.24) is 9.97 Å². The molecule has 0 spiro atoms. The molecule has 1 aromatic carbocycles. The summed E-state index contributed by atoms with van der Waals surface area (Å²) in [6.07, 6.45) is 1.69. The highest BCUT2D eigenvalue weighted by molar-refractivity contribution is 7.99. The second-order valence-corrected chi connectivity index (χ2v) is 5.29. The summed E-state index contributed by atoms with van der Waals surface area (Å²) in [4.78, 5) is 8.98. The van der Waals surface area contributed by atoms with Crippen LogP contribution in [0.15, 0.2) is 35.4 Å². The Morgan fingerprint density at radius 1 is 1.29 bits per heavy atom. The van der Waals surface area contributed by atoms with E-state index in [1.54, 1.807) is 30.5 Å². The predicted octanol–water partition coefficient (Wildman–Crippen LogP) is 4.28. The third-order valence-corrected chi connectivity index (χ3v) is 3.45. The van der Waals surface area contributed by atoms with Crippen LogP contribution in [0.5, 0.6) is 0 Å². The Balaban J connectivity index is 2.27. The standard InChI is InChI=1S/C14H16F2N4S/c1-3-17-14-18-8-9(2)12(20-14)19-10-6-4-5-7-11(10)21-13(15)16/h4-8,13H,3H2,1-2H3,(H2,17,18,19,20). The number of nitrogens with one attached hydrogen (secondary N) is 2. The lowest BCUT2D eigenvalue weighted by molar-refractivity contribution is 0.252. The van der Waals surface area contributed by atoms with E-state index >= 15 is 0 Å². The number of aryl methyl sites for hydroxylation is 1. The van der Waals surface area contributed by atoms with Gasteiger partial charge >= 0.3 is 0 Å². The van der Waals surface area contributed by atoms with E-state index in [-0.39, 0.29) is 0 Å². The van der Waals surface area contributed by atoms with Gasteiger partial charge < -0.3 is 10.6 Å². The summed E-state index contributed by atoms with van der Waals surface area (Å²) >= 11 is 0.510. The van der Waals surface area contributed by atoms with Crippen molar-refractivity contribution in [2.75, 3.05) is 17.2 Å². The van der Waals surface area contributed by atoms with Crippen LogP contribution in [0.2, 0.25) is 0 Å². The molecule has 112 valence electrons. The highest BCUT2D eigenvalue weighted by atomic mass is 32.2. The molecular formula is C14H16F2N4S. The first-order valence-corrected chi connectivity index (χ1v) is 7.36. The van der Waals surface area contributed by atoms with Crippen molar-refractivity contribution in [2.45, 2.75) is 24.5 Å². The summed E-state index contributed by atoms with van der Waals surface area (Å²) < 4.78 is 25.2. The molecule has 0 saturated heterocycles. The number of anilines is 3. The van der Waals surface area contributed by atoms with Crippen molar-refractivity contribution in [3.8, 4) is 0 Å². The fraction of sp³-hybridized carbons (Fsp3) is 0.286. The molecule has 0 amide bonds. The van der Waals surface area contributed by atoms with Gasteiger partial charge in [-0.15, -0.1) is 0 Å². The summed E-state index contributed by atoms with van der Waals surface area (Å²) in [6.45, 7) is 4.52. The topological polar surface area (TPSA) is 49.8 Å². The Labute approximate surface area is 126 Å². The molecule has 0 radical (unpaired) electrons. The molecule has 1 aromatic heterocycles. The first kappa shape index (κ1) is 15.5. The summed E-state index contributed by atoms with van der Waals surface area (Å²) in [5.41, 5.74) is 1.44. The minimum absolute atomic E-state index is 0.482. The van der Waals surface area contributed by atoms with Crippen LogP contribution in [0.4, 0.5) is 26.2 Å². The van der Waals surface area contributed by atoms with Gasteiger partial charge in [0.25, 0.3) is 5.76 Å². The maximum Gasteiger partial charge on any atom is 0.288 e. The first-order chi connectivity index (χ1) is 10.1. The molecule has 1 heterocycles. The Morgan fingerprint density at radius 2 is 2.05 bits per heavy atom. The molecule has 0 atom stereocenters. The van der Waals surface area contributed by atoms with Crippen LogP contribution in [0.3, 0.4) is 0 Å². The zero-order valence-electron chi connectivity index (χ0n) is 11.7. The van der Waals surface area contributed by atoms with E-state index in [1.165, 1.54) is 0 Å². The second-order valence-electron chi connectivity index (χ2n) is 4.26. The average Bonchev–Trinajstić information content (AvgIpc) is 2.44. The molecule has 4 nitrogen and oxygen atoms in total. The fourth-order valence-electron chi connectivity index (χ4n) is 1.71. The van der Waals surface area contributed by atoms with Crippen LogP contribution in [-0.4, -0.2) is 22.3 Å². The predicted molar refractivity (Wildman–Crippen MR) is 82.5 cm³/mol. The molecule has 21 heavy (non-hydrogen) atoms. The van der Waals surface area contributed by atoms with E-state index < -0.39 is 5.76 Å². The van der Waals surface area contributed by atoms with Crippen molar-refractivity contribution in [3.63, 3.8) is 0 Å². The summed E-state index contributed by atoms with van der Waals surface area (Å²) in [5.74, 6) is -1.36. The van der Waals surface area contributed by atoms with Gasteiger partial charge in [-0.05, 0) is 26.0 Å². The summed E-state index contributed by atoms with van der Waals surface area (Å²) in [5, 5.41) is 6.12. The molecule has 0 aliphatic rings. The number of thioether (sulfide) groups is 1. The third kappa shape index (κ3) is 4.29. The summed E-state index contributed by atoms with van der Waals surface area (Å²) in [7, 11) is 0. The van der Waals surface area contributed by atoms with E-state index in [0.717, 1.165) is 5.56 Å². The Bertz CT molecular complexity index is 607. The maximum absolute atomic E-state index is 12.6. The van der Waals surface area contributed by atoms with Gasteiger partial charge in [0.05, 0.1) is 5.69 Å². The highest BCUT2D eigenvalue weighted by Crippen LogP contribution is 2.33. The third-order valence-electron chi connectivity index (χ3n) is 2.66. The van der Waals surface area contributed by atoms with Crippen LogP contribution in [-0.2, 0) is 0 Å². The van der Waals surface area contributed by atoms with Gasteiger partial charge in [-0.3, -0.25) is 0 Å². The lowest BCUT2D eigenvalue weighted by atomic mass is 10.3. The first-order valence-electron chi connectivity index (χ1n) is 6.48. The lowest BCUT2D eigenvalue weighted by Gasteiger charge is -2.13. The molecule has 0 fully saturated rings. The Hall–Kier alpha value is -1.89. The zero-order chi connectivity index (χ0) is 15.2. The smallest absolute Gasteiger partial charge is 0.288 e. The van der Waals surface area contributed by atoms with Gasteiger partial charge in [0.15, 0.2) is 0 Å². The molecule has 0 unspecified atom stereocenters. The molecule has 0 bridgehead atoms. The number of benzene rings is 1.